The van der Waals surface area contributed by atoms with E-state index in [2.05, 4.69) is 15.8 Å². The Morgan fingerprint density at radius 2 is 1.70 bits per heavy atom. The quantitative estimate of drug-likeness (QED) is 0.533. The molecule has 0 bridgehead atoms. The van der Waals surface area contributed by atoms with Gasteiger partial charge in [-0.2, -0.15) is 9.73 Å². The molecule has 1 fully saturated rings. The summed E-state index contributed by atoms with van der Waals surface area (Å²) in [6, 6.07) is 7.47. The molecule has 0 amide bonds. The molecule has 1 atom stereocenters. The number of nitrogens with two attached hydrogens (primary N) is 2. The number of sulfonamides is 1. The zero-order chi connectivity index (χ0) is 21.5. The molecule has 0 radical (unpaired) electrons. The highest BCUT2D eigenvalue weighted by Crippen LogP contribution is 2.31. The van der Waals surface area contributed by atoms with Gasteiger partial charge in [0.05, 0.1) is 23.7 Å². The predicted molar refractivity (Wildman–Crippen MR) is 105 cm³/mol. The molecule has 4 rings (SSSR count). The van der Waals surface area contributed by atoms with Gasteiger partial charge in [-0.15, -0.1) is 0 Å². The first kappa shape index (κ1) is 20.6. The fourth-order valence-electron chi connectivity index (χ4n) is 3.34. The summed E-state index contributed by atoms with van der Waals surface area (Å²) >= 11 is 0. The summed E-state index contributed by atoms with van der Waals surface area (Å²) in [7, 11) is -3.70. The fraction of sp³-hybridized carbons (Fsp3) is 0.278. The Morgan fingerprint density at radius 1 is 1.10 bits per heavy atom. The van der Waals surface area contributed by atoms with Gasteiger partial charge in [-0.3, -0.25) is 11.2 Å². The monoisotopic (exact) mass is 438 g/mol. The van der Waals surface area contributed by atoms with Crippen LogP contribution in [0.1, 0.15) is 5.56 Å². The Bertz CT molecular complexity index is 1080. The van der Waals surface area contributed by atoms with Gasteiger partial charge < -0.3 is 10.5 Å². The second-order valence-electron chi connectivity index (χ2n) is 6.87. The van der Waals surface area contributed by atoms with Crippen molar-refractivity contribution >= 4 is 16.0 Å². The van der Waals surface area contributed by atoms with E-state index in [1.165, 1.54) is 28.6 Å². The third-order valence-electron chi connectivity index (χ3n) is 4.91. The van der Waals surface area contributed by atoms with Gasteiger partial charge in [0.1, 0.15) is 11.6 Å². The smallest absolute Gasteiger partial charge is 0.243 e. The molecule has 1 unspecified atom stereocenters. The predicted octanol–water partition coefficient (Wildman–Crippen LogP) is 0.144. The Balaban J connectivity index is 1.65. The van der Waals surface area contributed by atoms with Gasteiger partial charge in [0.15, 0.2) is 0 Å². The second-order valence-corrected chi connectivity index (χ2v) is 8.81. The number of guanidine groups is 1. The van der Waals surface area contributed by atoms with Crippen LogP contribution in [0, 0.1) is 11.6 Å². The summed E-state index contributed by atoms with van der Waals surface area (Å²) in [5.74, 6) is -3.37. The number of morpholine rings is 1. The van der Waals surface area contributed by atoms with Crippen LogP contribution in [0.2, 0.25) is 0 Å². The van der Waals surface area contributed by atoms with Gasteiger partial charge in [0, 0.05) is 18.7 Å². The van der Waals surface area contributed by atoms with E-state index >= 15 is 0 Å². The molecule has 0 saturated carbocycles. The number of hydrogen-bond donors (Lipinski definition) is 4. The van der Waals surface area contributed by atoms with Crippen molar-refractivity contribution in [2.45, 2.75) is 10.7 Å². The lowest BCUT2D eigenvalue weighted by atomic mass is 10.00. The molecule has 0 aromatic heterocycles. The number of hydrazine groups is 1. The molecule has 12 heteroatoms. The summed E-state index contributed by atoms with van der Waals surface area (Å²) in [6.45, 7) is 1.16. The van der Waals surface area contributed by atoms with Crippen molar-refractivity contribution in [3.05, 3.63) is 53.6 Å². The lowest BCUT2D eigenvalue weighted by Gasteiger charge is -2.26. The molecular weight excluding hydrogens is 418 g/mol. The zero-order valence-corrected chi connectivity index (χ0v) is 16.5. The van der Waals surface area contributed by atoms with E-state index in [1.54, 1.807) is 0 Å². The number of halogens is 2. The van der Waals surface area contributed by atoms with Gasteiger partial charge in [-0.1, -0.05) is 12.1 Å². The van der Waals surface area contributed by atoms with Gasteiger partial charge in [-0.25, -0.2) is 22.2 Å². The second kappa shape index (κ2) is 7.56. The van der Waals surface area contributed by atoms with Gasteiger partial charge >= 0.3 is 0 Å². The van der Waals surface area contributed by atoms with Gasteiger partial charge in [0.25, 0.3) is 0 Å². The van der Waals surface area contributed by atoms with Crippen molar-refractivity contribution in [2.75, 3.05) is 26.3 Å². The first-order valence-corrected chi connectivity index (χ1v) is 10.5. The van der Waals surface area contributed by atoms with Crippen LogP contribution in [0.25, 0.3) is 11.1 Å². The first-order valence-electron chi connectivity index (χ1n) is 9.06. The number of ether oxygens (including phenoxy) is 1. The molecule has 2 heterocycles. The maximum Gasteiger partial charge on any atom is 0.243 e. The lowest BCUT2D eigenvalue weighted by molar-refractivity contribution is 0.0730. The Labute approximate surface area is 171 Å². The number of hydrogen-bond acceptors (Lipinski definition) is 8. The van der Waals surface area contributed by atoms with Crippen molar-refractivity contribution in [2.24, 2.45) is 16.5 Å². The van der Waals surface area contributed by atoms with Crippen LogP contribution >= 0.6 is 0 Å². The van der Waals surface area contributed by atoms with Gasteiger partial charge in [0.2, 0.25) is 21.8 Å². The molecule has 2 aromatic carbocycles. The van der Waals surface area contributed by atoms with E-state index in [9.17, 15) is 17.2 Å². The van der Waals surface area contributed by atoms with Crippen LogP contribution in [0.4, 0.5) is 8.78 Å². The zero-order valence-electron chi connectivity index (χ0n) is 15.7. The first-order chi connectivity index (χ1) is 14.2. The summed E-state index contributed by atoms with van der Waals surface area (Å²) in [5, 5.41) is 0. The minimum atomic E-state index is -3.70. The van der Waals surface area contributed by atoms with E-state index < -0.39 is 27.4 Å². The molecule has 160 valence electrons. The molecule has 6 N–H and O–H groups in total. The number of benzene rings is 2. The normalized spacial score (nSPS) is 22.6. The van der Waals surface area contributed by atoms with Gasteiger partial charge in [-0.05, 0) is 29.8 Å². The number of rotatable bonds is 4. The summed E-state index contributed by atoms with van der Waals surface area (Å²) in [6.07, 6.45) is 0. The SMILES string of the molecule is NC1=NC(N)(c2cc(F)c(-c3ccc(S(=O)(=O)N4CCOCC4)cc3)c(F)c2)NN1. The minimum Gasteiger partial charge on any atom is -0.379 e. The summed E-state index contributed by atoms with van der Waals surface area (Å²) < 4.78 is 61.4. The third-order valence-corrected chi connectivity index (χ3v) is 6.82. The highest BCUT2D eigenvalue weighted by molar-refractivity contribution is 7.89. The van der Waals surface area contributed by atoms with Crippen LogP contribution in [-0.4, -0.2) is 45.0 Å². The number of aliphatic imine (C=N–C) groups is 1. The highest BCUT2D eigenvalue weighted by Gasteiger charge is 2.33. The number of nitrogens with zero attached hydrogens (tertiary/aromatic N) is 2. The van der Waals surface area contributed by atoms with E-state index in [4.69, 9.17) is 16.2 Å². The van der Waals surface area contributed by atoms with Crippen molar-refractivity contribution in [1.29, 1.82) is 0 Å². The number of nitrogens with one attached hydrogen (secondary N) is 2. The summed E-state index contributed by atoms with van der Waals surface area (Å²) in [4.78, 5) is 3.93. The molecular formula is C18H20F2N6O3S. The maximum absolute atomic E-state index is 14.8. The summed E-state index contributed by atoms with van der Waals surface area (Å²) in [5.41, 5.74) is 16.4. The van der Waals surface area contributed by atoms with Crippen molar-refractivity contribution in [3.8, 4) is 11.1 Å². The Kier molecular flexibility index (Phi) is 5.20. The third kappa shape index (κ3) is 3.63. The van der Waals surface area contributed by atoms with E-state index in [-0.39, 0.29) is 40.6 Å². The van der Waals surface area contributed by atoms with Crippen molar-refractivity contribution < 1.29 is 21.9 Å². The molecule has 2 aromatic rings. The molecule has 30 heavy (non-hydrogen) atoms. The average molecular weight is 438 g/mol. The van der Waals surface area contributed by atoms with E-state index in [0.29, 0.717) is 13.2 Å². The topological polar surface area (TPSA) is 135 Å². The van der Waals surface area contributed by atoms with Crippen molar-refractivity contribution in [1.82, 2.24) is 15.2 Å². The molecule has 0 spiro atoms. The highest BCUT2D eigenvalue weighted by atomic mass is 32.2. The molecule has 0 aliphatic carbocycles. The van der Waals surface area contributed by atoms with Crippen molar-refractivity contribution in [3.63, 3.8) is 0 Å². The lowest BCUT2D eigenvalue weighted by Crippen LogP contribution is -2.50. The Hall–Kier alpha value is -2.64. The fourth-order valence-corrected chi connectivity index (χ4v) is 4.75. The van der Waals surface area contributed by atoms with Crippen LogP contribution < -0.4 is 22.3 Å². The van der Waals surface area contributed by atoms with E-state index in [1.807, 2.05) is 0 Å². The molecule has 1 saturated heterocycles. The maximum atomic E-state index is 14.8. The van der Waals surface area contributed by atoms with Crippen LogP contribution in [0.15, 0.2) is 46.3 Å². The van der Waals surface area contributed by atoms with E-state index in [0.717, 1.165) is 12.1 Å². The standard InChI is InChI=1S/C18H20F2N6O3S/c19-14-9-12(18(22)23-17(21)24-25-18)10-15(20)16(14)11-1-3-13(4-2-11)30(27,28)26-5-7-29-8-6-26/h1-4,9-10,25H,5-8,22H2,(H3,21,23,24). The largest absolute Gasteiger partial charge is 0.379 e. The molecule has 9 nitrogen and oxygen atoms in total. The minimum absolute atomic E-state index is 0.0144. The molecule has 2 aliphatic heterocycles. The van der Waals surface area contributed by atoms with Crippen LogP contribution in [0.5, 0.6) is 0 Å². The Morgan fingerprint density at radius 3 is 2.23 bits per heavy atom. The van der Waals surface area contributed by atoms with Crippen LogP contribution in [-0.2, 0) is 20.5 Å². The average Bonchev–Trinajstić information content (AvgIpc) is 3.08. The molecule has 2 aliphatic rings. The van der Waals surface area contributed by atoms with Crippen LogP contribution in [0.3, 0.4) is 0 Å².